The van der Waals surface area contributed by atoms with Crippen molar-refractivity contribution in [3.05, 3.63) is 81.9 Å². The van der Waals surface area contributed by atoms with Gasteiger partial charge in [-0.25, -0.2) is 9.69 Å². The lowest BCUT2D eigenvalue weighted by atomic mass is 10.1. The number of methoxy groups -OCH3 is 1. The maximum absolute atomic E-state index is 12.7. The Balaban J connectivity index is 1.90. The fourth-order valence-electron chi connectivity index (χ4n) is 2.69. The molecule has 1 fully saturated rings. The Morgan fingerprint density at radius 1 is 1.07 bits per heavy atom. The molecule has 4 amide bonds. The Morgan fingerprint density at radius 2 is 1.76 bits per heavy atom. The lowest BCUT2D eigenvalue weighted by Gasteiger charge is -2.26. The van der Waals surface area contributed by atoms with Gasteiger partial charge in [-0.1, -0.05) is 18.2 Å². The van der Waals surface area contributed by atoms with Crippen molar-refractivity contribution in [1.29, 1.82) is 0 Å². The molecule has 0 radical (unpaired) electrons. The molecule has 2 aromatic carbocycles. The van der Waals surface area contributed by atoms with Gasteiger partial charge in [-0.05, 0) is 42.5 Å². The van der Waals surface area contributed by atoms with Crippen LogP contribution in [0.25, 0.3) is 6.08 Å². The van der Waals surface area contributed by atoms with E-state index in [1.807, 2.05) is 0 Å². The second kappa shape index (κ2) is 8.17. The van der Waals surface area contributed by atoms with Crippen LogP contribution in [0.2, 0.25) is 0 Å². The van der Waals surface area contributed by atoms with Crippen molar-refractivity contribution < 1.29 is 24.0 Å². The minimum Gasteiger partial charge on any atom is -0.497 e. The number of benzene rings is 2. The number of para-hydroxylation sites is 1. The Kier molecular flexibility index (Phi) is 5.49. The summed E-state index contributed by atoms with van der Waals surface area (Å²) in [7, 11) is 1.48. The van der Waals surface area contributed by atoms with Gasteiger partial charge >= 0.3 is 6.03 Å². The summed E-state index contributed by atoms with van der Waals surface area (Å²) in [5.41, 5.74) is 0.169. The number of hydrogen-bond donors (Lipinski definition) is 1. The van der Waals surface area contributed by atoms with Gasteiger partial charge in [0.1, 0.15) is 11.3 Å². The predicted octanol–water partition coefficient (Wildman–Crippen LogP) is 2.83. The smallest absolute Gasteiger partial charge is 0.335 e. The van der Waals surface area contributed by atoms with Crippen LogP contribution >= 0.6 is 0 Å². The molecule has 29 heavy (non-hydrogen) atoms. The molecule has 1 saturated heterocycles. The van der Waals surface area contributed by atoms with Crippen LogP contribution < -0.4 is 15.0 Å². The molecule has 1 aliphatic rings. The third-order valence-corrected chi connectivity index (χ3v) is 4.10. The monoisotopic (exact) mass is 393 g/mol. The number of urea groups is 1. The fourth-order valence-corrected chi connectivity index (χ4v) is 2.69. The summed E-state index contributed by atoms with van der Waals surface area (Å²) in [5.74, 6) is -1.12. The largest absolute Gasteiger partial charge is 0.497 e. The average molecular weight is 393 g/mol. The molecule has 1 N–H and O–H groups in total. The number of nitrogens with zero attached hydrogens (tertiary/aromatic N) is 2. The average Bonchev–Trinajstić information content (AvgIpc) is 2.71. The number of carbonyl (C=O) groups is 3. The molecule has 0 aromatic heterocycles. The quantitative estimate of drug-likeness (QED) is 0.361. The number of rotatable bonds is 5. The van der Waals surface area contributed by atoms with Crippen molar-refractivity contribution in [2.75, 3.05) is 12.0 Å². The third-order valence-electron chi connectivity index (χ3n) is 4.10. The molecule has 0 bridgehead atoms. The van der Waals surface area contributed by atoms with E-state index >= 15 is 0 Å². The summed E-state index contributed by atoms with van der Waals surface area (Å²) in [6.07, 6.45) is 3.95. The van der Waals surface area contributed by atoms with Gasteiger partial charge in [-0.15, -0.1) is 0 Å². The van der Waals surface area contributed by atoms with Gasteiger partial charge in [-0.3, -0.25) is 25.0 Å². The molecule has 0 spiro atoms. The molecule has 146 valence electrons. The van der Waals surface area contributed by atoms with Gasteiger partial charge < -0.3 is 4.74 Å². The molecule has 1 aliphatic heterocycles. The molecule has 0 aliphatic carbocycles. The van der Waals surface area contributed by atoms with Gasteiger partial charge in [0.05, 0.1) is 23.3 Å². The topological polar surface area (TPSA) is 119 Å². The Bertz CT molecular complexity index is 1060. The van der Waals surface area contributed by atoms with Crippen LogP contribution in [0.15, 0.2) is 66.3 Å². The molecule has 9 heteroatoms. The van der Waals surface area contributed by atoms with Crippen molar-refractivity contribution in [1.82, 2.24) is 5.32 Å². The van der Waals surface area contributed by atoms with E-state index in [0.717, 1.165) is 4.90 Å². The second-order valence-electron chi connectivity index (χ2n) is 5.85. The van der Waals surface area contributed by atoms with E-state index in [-0.39, 0.29) is 16.9 Å². The second-order valence-corrected chi connectivity index (χ2v) is 5.85. The van der Waals surface area contributed by atoms with E-state index in [1.165, 1.54) is 55.7 Å². The molecule has 9 nitrogen and oxygen atoms in total. The van der Waals surface area contributed by atoms with Crippen LogP contribution in [-0.4, -0.2) is 29.9 Å². The lowest BCUT2D eigenvalue weighted by Crippen LogP contribution is -2.54. The summed E-state index contributed by atoms with van der Waals surface area (Å²) in [6, 6.07) is 11.3. The standard InChI is InChI=1S/C20H15N3O6/c1-29-15-11-9-14(10-12-15)22-19(25)16(18(24)21-20(22)26)7-4-6-13-5-2-3-8-17(13)23(27)28/h2-12H,1H3,(H,21,24,26). The highest BCUT2D eigenvalue weighted by Crippen LogP contribution is 2.24. The van der Waals surface area contributed by atoms with Gasteiger partial charge in [0.2, 0.25) is 0 Å². The van der Waals surface area contributed by atoms with Crippen molar-refractivity contribution in [2.45, 2.75) is 0 Å². The number of nitro benzene ring substituents is 1. The molecule has 0 atom stereocenters. The molecular formula is C20H15N3O6. The third kappa shape index (κ3) is 4.03. The number of nitro groups is 1. The molecule has 3 rings (SSSR count). The van der Waals surface area contributed by atoms with Crippen LogP contribution in [-0.2, 0) is 9.59 Å². The minimum absolute atomic E-state index is 0.114. The Labute approximate surface area is 165 Å². The van der Waals surface area contributed by atoms with Crippen LogP contribution in [0.1, 0.15) is 5.56 Å². The first-order valence-corrected chi connectivity index (χ1v) is 8.38. The predicted molar refractivity (Wildman–Crippen MR) is 104 cm³/mol. The number of allylic oxidation sites excluding steroid dienone is 2. The number of anilines is 1. The zero-order chi connectivity index (χ0) is 21.0. The molecule has 0 saturated carbocycles. The summed E-state index contributed by atoms with van der Waals surface area (Å²) in [5, 5.41) is 13.2. The van der Waals surface area contributed by atoms with Gasteiger partial charge in [-0.2, -0.15) is 0 Å². The number of barbiturate groups is 1. The van der Waals surface area contributed by atoms with Crippen LogP contribution in [0.3, 0.4) is 0 Å². The number of ether oxygens (including phenoxy) is 1. The van der Waals surface area contributed by atoms with E-state index in [9.17, 15) is 24.5 Å². The summed E-state index contributed by atoms with van der Waals surface area (Å²) < 4.78 is 5.04. The highest BCUT2D eigenvalue weighted by atomic mass is 16.6. The van der Waals surface area contributed by atoms with Crippen LogP contribution in [0.5, 0.6) is 5.75 Å². The summed E-state index contributed by atoms with van der Waals surface area (Å²) >= 11 is 0. The van der Waals surface area contributed by atoms with E-state index in [4.69, 9.17) is 4.74 Å². The van der Waals surface area contributed by atoms with Gasteiger partial charge in [0, 0.05) is 6.07 Å². The van der Waals surface area contributed by atoms with Crippen molar-refractivity contribution in [3.8, 4) is 5.75 Å². The van der Waals surface area contributed by atoms with Crippen molar-refractivity contribution in [3.63, 3.8) is 0 Å². The summed E-state index contributed by atoms with van der Waals surface area (Å²) in [4.78, 5) is 48.3. The molecular weight excluding hydrogens is 378 g/mol. The highest BCUT2D eigenvalue weighted by Gasteiger charge is 2.36. The van der Waals surface area contributed by atoms with E-state index in [0.29, 0.717) is 11.3 Å². The Morgan fingerprint density at radius 3 is 2.41 bits per heavy atom. The first-order valence-electron chi connectivity index (χ1n) is 8.38. The highest BCUT2D eigenvalue weighted by molar-refractivity contribution is 6.37. The zero-order valence-corrected chi connectivity index (χ0v) is 15.2. The van der Waals surface area contributed by atoms with E-state index in [1.54, 1.807) is 18.2 Å². The maximum Gasteiger partial charge on any atom is 0.335 e. The van der Waals surface area contributed by atoms with Crippen LogP contribution in [0.4, 0.5) is 16.2 Å². The number of imide groups is 2. The molecule has 1 heterocycles. The van der Waals surface area contributed by atoms with Crippen molar-refractivity contribution in [2.24, 2.45) is 0 Å². The Hall–Kier alpha value is -4.27. The number of carbonyl (C=O) groups excluding carboxylic acids is 3. The molecule has 0 unspecified atom stereocenters. The summed E-state index contributed by atoms with van der Waals surface area (Å²) in [6.45, 7) is 0. The maximum atomic E-state index is 12.7. The van der Waals surface area contributed by atoms with Gasteiger partial charge in [0.15, 0.2) is 0 Å². The minimum atomic E-state index is -0.870. The first kappa shape index (κ1) is 19.5. The molecule has 2 aromatic rings. The van der Waals surface area contributed by atoms with Crippen molar-refractivity contribution >= 4 is 35.3 Å². The lowest BCUT2D eigenvalue weighted by molar-refractivity contribution is -0.385. The number of nitrogens with one attached hydrogen (secondary N) is 1. The van der Waals surface area contributed by atoms with Gasteiger partial charge in [0.25, 0.3) is 17.5 Å². The normalized spacial score (nSPS) is 15.7. The SMILES string of the molecule is COc1ccc(N2C(=O)NC(=O)C(=CC=Cc3ccccc3[N+](=O)[O-])C2=O)cc1. The zero-order valence-electron chi connectivity index (χ0n) is 15.2. The van der Waals surface area contributed by atoms with E-state index in [2.05, 4.69) is 5.32 Å². The number of amides is 4. The number of hydrogen-bond acceptors (Lipinski definition) is 6. The van der Waals surface area contributed by atoms with Crippen LogP contribution in [0, 0.1) is 10.1 Å². The first-order chi connectivity index (χ1) is 13.9. The fraction of sp³-hybridized carbons (Fsp3) is 0.0500. The van der Waals surface area contributed by atoms with E-state index < -0.39 is 22.8 Å².